The van der Waals surface area contributed by atoms with Crippen molar-refractivity contribution in [3.63, 3.8) is 0 Å². The Kier molecular flexibility index (Phi) is 7.06. The van der Waals surface area contributed by atoms with Crippen molar-refractivity contribution < 1.29 is 14.3 Å². The number of nitrogens with one attached hydrogen (secondary N) is 1. The van der Waals surface area contributed by atoms with E-state index in [0.29, 0.717) is 19.7 Å². The molecule has 1 fully saturated rings. The Bertz CT molecular complexity index is 562. The Hall–Kier alpha value is -2.08. The molecule has 1 aliphatic heterocycles. The molecule has 1 atom stereocenters. The molecule has 24 heavy (non-hydrogen) atoms. The monoisotopic (exact) mass is 333 g/mol. The van der Waals surface area contributed by atoms with Gasteiger partial charge in [-0.2, -0.15) is 0 Å². The van der Waals surface area contributed by atoms with Crippen molar-refractivity contribution in [3.8, 4) is 5.75 Å². The zero-order valence-electron chi connectivity index (χ0n) is 14.3. The van der Waals surface area contributed by atoms with E-state index in [1.165, 1.54) is 0 Å². The lowest BCUT2D eigenvalue weighted by Crippen LogP contribution is -2.46. The van der Waals surface area contributed by atoms with Crippen LogP contribution in [0.5, 0.6) is 5.75 Å². The Morgan fingerprint density at radius 1 is 1.38 bits per heavy atom. The third-order valence-corrected chi connectivity index (χ3v) is 4.22. The number of likely N-dealkylation sites (tertiary alicyclic amines) is 1. The van der Waals surface area contributed by atoms with Crippen LogP contribution < -0.4 is 15.8 Å². The zero-order chi connectivity index (χ0) is 17.4. The van der Waals surface area contributed by atoms with Crippen molar-refractivity contribution in [1.29, 1.82) is 0 Å². The fraction of sp³-hybridized carbons (Fsp3) is 0.556. The smallest absolute Gasteiger partial charge is 0.231 e. The lowest BCUT2D eigenvalue weighted by molar-refractivity contribution is -0.128. The highest BCUT2D eigenvalue weighted by molar-refractivity contribution is 5.79. The van der Waals surface area contributed by atoms with Crippen LogP contribution in [0.2, 0.25) is 0 Å². The number of benzene rings is 1. The molecular weight excluding hydrogens is 306 g/mol. The summed E-state index contributed by atoms with van der Waals surface area (Å²) < 4.78 is 5.60. The van der Waals surface area contributed by atoms with Gasteiger partial charge in [0.2, 0.25) is 11.8 Å². The summed E-state index contributed by atoms with van der Waals surface area (Å²) in [4.78, 5) is 25.3. The second kappa shape index (κ2) is 9.27. The second-order valence-corrected chi connectivity index (χ2v) is 6.12. The molecule has 2 amide bonds. The fourth-order valence-corrected chi connectivity index (χ4v) is 3.10. The molecule has 0 unspecified atom stereocenters. The number of nitrogens with zero attached hydrogens (tertiary/aromatic N) is 1. The maximum absolute atomic E-state index is 12.3. The minimum Gasteiger partial charge on any atom is -0.494 e. The molecular formula is C18H27N3O3. The predicted molar refractivity (Wildman–Crippen MR) is 92.7 cm³/mol. The van der Waals surface area contributed by atoms with Gasteiger partial charge in [0.05, 0.1) is 19.1 Å². The van der Waals surface area contributed by atoms with Crippen molar-refractivity contribution >= 4 is 11.8 Å². The number of ether oxygens (including phenoxy) is 1. The number of para-hydroxylation sites is 1. The number of primary amides is 1. The van der Waals surface area contributed by atoms with Crippen LogP contribution >= 0.6 is 0 Å². The molecule has 0 bridgehead atoms. The first-order valence-electron chi connectivity index (χ1n) is 8.59. The lowest BCUT2D eigenvalue weighted by atomic mass is 9.97. The van der Waals surface area contributed by atoms with E-state index < -0.39 is 0 Å². The number of hydrogen-bond acceptors (Lipinski definition) is 4. The van der Waals surface area contributed by atoms with Crippen LogP contribution in [0.3, 0.4) is 0 Å². The van der Waals surface area contributed by atoms with Crippen molar-refractivity contribution in [2.75, 3.05) is 32.8 Å². The fourth-order valence-electron chi connectivity index (χ4n) is 3.10. The average Bonchev–Trinajstić information content (AvgIpc) is 2.56. The molecule has 6 heteroatoms. The Morgan fingerprint density at radius 3 is 2.92 bits per heavy atom. The van der Waals surface area contributed by atoms with E-state index in [-0.39, 0.29) is 24.3 Å². The van der Waals surface area contributed by atoms with E-state index in [4.69, 9.17) is 10.5 Å². The first-order valence-corrected chi connectivity index (χ1v) is 8.59. The number of carbonyl (C=O) groups excluding carboxylic acids is 2. The van der Waals surface area contributed by atoms with Crippen LogP contribution in [0.25, 0.3) is 0 Å². The summed E-state index contributed by atoms with van der Waals surface area (Å²) in [5, 5.41) is 3.01. The van der Waals surface area contributed by atoms with E-state index in [9.17, 15) is 9.59 Å². The average molecular weight is 333 g/mol. The summed E-state index contributed by atoms with van der Waals surface area (Å²) in [5.41, 5.74) is 6.33. The van der Waals surface area contributed by atoms with Gasteiger partial charge in [-0.15, -0.1) is 0 Å². The third kappa shape index (κ3) is 5.53. The summed E-state index contributed by atoms with van der Waals surface area (Å²) in [6.07, 6.45) is 2.51. The molecule has 132 valence electrons. The molecule has 0 saturated carbocycles. The van der Waals surface area contributed by atoms with Gasteiger partial charge in [0.25, 0.3) is 0 Å². The quantitative estimate of drug-likeness (QED) is 0.741. The van der Waals surface area contributed by atoms with Gasteiger partial charge < -0.3 is 15.8 Å². The van der Waals surface area contributed by atoms with E-state index in [2.05, 4.69) is 5.32 Å². The van der Waals surface area contributed by atoms with Crippen LogP contribution in [-0.4, -0.2) is 49.5 Å². The minimum atomic E-state index is -0.344. The van der Waals surface area contributed by atoms with Crippen LogP contribution in [0.4, 0.5) is 0 Å². The molecule has 1 aromatic carbocycles. The number of carbonyl (C=O) groups is 2. The molecule has 1 saturated heterocycles. The summed E-state index contributed by atoms with van der Waals surface area (Å²) >= 11 is 0. The van der Waals surface area contributed by atoms with Gasteiger partial charge in [-0.05, 0) is 44.4 Å². The topological polar surface area (TPSA) is 84.7 Å². The number of hydrogen-bond donors (Lipinski definition) is 2. The van der Waals surface area contributed by atoms with Crippen LogP contribution in [0, 0.1) is 5.92 Å². The molecule has 1 aliphatic rings. The Balaban J connectivity index is 1.80. The Labute approximate surface area is 143 Å². The SMILES string of the molecule is CCOc1ccccc1CCNC(=O)[C@H]1CCCN(CC(N)=O)C1. The molecule has 2 rings (SSSR count). The van der Waals surface area contributed by atoms with Gasteiger partial charge >= 0.3 is 0 Å². The highest BCUT2D eigenvalue weighted by atomic mass is 16.5. The molecule has 0 aromatic heterocycles. The highest BCUT2D eigenvalue weighted by Gasteiger charge is 2.26. The van der Waals surface area contributed by atoms with Crippen LogP contribution in [-0.2, 0) is 16.0 Å². The van der Waals surface area contributed by atoms with E-state index >= 15 is 0 Å². The standard InChI is InChI=1S/C18H27N3O3/c1-2-24-16-8-4-3-6-14(16)9-10-20-18(23)15-7-5-11-21(12-15)13-17(19)22/h3-4,6,8,15H,2,5,7,9-13H2,1H3,(H2,19,22)(H,20,23)/t15-/m0/s1. The highest BCUT2D eigenvalue weighted by Crippen LogP contribution is 2.19. The van der Waals surface area contributed by atoms with Gasteiger partial charge in [0, 0.05) is 13.1 Å². The van der Waals surface area contributed by atoms with E-state index in [1.807, 2.05) is 36.1 Å². The number of rotatable bonds is 8. The summed E-state index contributed by atoms with van der Waals surface area (Å²) in [6.45, 7) is 4.82. The molecule has 0 aliphatic carbocycles. The first kappa shape index (κ1) is 18.3. The molecule has 0 spiro atoms. The largest absolute Gasteiger partial charge is 0.494 e. The summed E-state index contributed by atoms with van der Waals surface area (Å²) in [5.74, 6) is 0.515. The molecule has 6 nitrogen and oxygen atoms in total. The normalized spacial score (nSPS) is 18.1. The van der Waals surface area contributed by atoms with E-state index in [0.717, 1.165) is 37.1 Å². The maximum atomic E-state index is 12.3. The Morgan fingerprint density at radius 2 is 2.17 bits per heavy atom. The van der Waals surface area contributed by atoms with Gasteiger partial charge in [0.15, 0.2) is 0 Å². The predicted octanol–water partition coefficient (Wildman–Crippen LogP) is 0.941. The lowest BCUT2D eigenvalue weighted by Gasteiger charge is -2.31. The van der Waals surface area contributed by atoms with Crippen molar-refractivity contribution in [2.45, 2.75) is 26.2 Å². The number of nitrogens with two attached hydrogens (primary N) is 1. The second-order valence-electron chi connectivity index (χ2n) is 6.12. The zero-order valence-corrected chi connectivity index (χ0v) is 14.3. The van der Waals surface area contributed by atoms with Crippen LogP contribution in [0.15, 0.2) is 24.3 Å². The van der Waals surface area contributed by atoms with Gasteiger partial charge in [0.1, 0.15) is 5.75 Å². The van der Waals surface area contributed by atoms with Gasteiger partial charge in [-0.1, -0.05) is 18.2 Å². The number of amides is 2. The minimum absolute atomic E-state index is 0.0538. The van der Waals surface area contributed by atoms with Gasteiger partial charge in [-0.3, -0.25) is 14.5 Å². The van der Waals surface area contributed by atoms with Crippen molar-refractivity contribution in [2.24, 2.45) is 11.7 Å². The van der Waals surface area contributed by atoms with Crippen LogP contribution in [0.1, 0.15) is 25.3 Å². The van der Waals surface area contributed by atoms with Crippen molar-refractivity contribution in [3.05, 3.63) is 29.8 Å². The van der Waals surface area contributed by atoms with E-state index in [1.54, 1.807) is 0 Å². The molecule has 1 aromatic rings. The van der Waals surface area contributed by atoms with Gasteiger partial charge in [-0.25, -0.2) is 0 Å². The first-order chi connectivity index (χ1) is 11.6. The van der Waals surface area contributed by atoms with Crippen molar-refractivity contribution in [1.82, 2.24) is 10.2 Å². The molecule has 3 N–H and O–H groups in total. The summed E-state index contributed by atoms with van der Waals surface area (Å²) in [6, 6.07) is 7.89. The summed E-state index contributed by atoms with van der Waals surface area (Å²) in [7, 11) is 0. The maximum Gasteiger partial charge on any atom is 0.231 e. The number of piperidine rings is 1. The molecule has 1 heterocycles. The molecule has 0 radical (unpaired) electrons. The third-order valence-electron chi connectivity index (χ3n) is 4.22.